The van der Waals surface area contributed by atoms with Gasteiger partial charge in [0, 0.05) is 28.9 Å². The van der Waals surface area contributed by atoms with Crippen molar-refractivity contribution in [2.24, 2.45) is 0 Å². The molecule has 0 saturated heterocycles. The van der Waals surface area contributed by atoms with Gasteiger partial charge in [0.25, 0.3) is 5.91 Å². The number of halogens is 1. The van der Waals surface area contributed by atoms with Gasteiger partial charge >= 0.3 is 0 Å². The summed E-state index contributed by atoms with van der Waals surface area (Å²) in [6.45, 7) is 0.535. The van der Waals surface area contributed by atoms with Gasteiger partial charge in [-0.3, -0.25) is 10.2 Å². The molecule has 1 aliphatic rings. The number of carbonyl (C=O) groups is 1. The number of rotatable bonds is 5. The number of benzene rings is 2. The lowest BCUT2D eigenvalue weighted by Gasteiger charge is -2.26. The number of thioether (sulfide) groups is 1. The molecule has 2 heterocycles. The van der Waals surface area contributed by atoms with Gasteiger partial charge < -0.3 is 16.0 Å². The van der Waals surface area contributed by atoms with Crippen LogP contribution in [0.3, 0.4) is 0 Å². The van der Waals surface area contributed by atoms with Crippen molar-refractivity contribution >= 4 is 60.1 Å². The first kappa shape index (κ1) is 22.3. The van der Waals surface area contributed by atoms with E-state index >= 15 is 0 Å². The minimum Gasteiger partial charge on any atom is -0.398 e. The highest BCUT2D eigenvalue weighted by molar-refractivity contribution is 7.99. The summed E-state index contributed by atoms with van der Waals surface area (Å²) >= 11 is 7.44. The molecule has 0 spiro atoms. The van der Waals surface area contributed by atoms with Crippen LogP contribution in [-0.2, 0) is 6.54 Å². The zero-order valence-corrected chi connectivity index (χ0v) is 19.7. The van der Waals surface area contributed by atoms with Crippen molar-refractivity contribution < 1.29 is 4.79 Å². The summed E-state index contributed by atoms with van der Waals surface area (Å²) in [7, 11) is 5.55. The third-order valence-electron chi connectivity index (χ3n) is 5.06. The first-order valence-electron chi connectivity index (χ1n) is 9.70. The Morgan fingerprint density at radius 1 is 1.38 bits per heavy atom. The standard InChI is InChI=1S/C21H21ClN7OPS/c1-28-16-7-13(18(22)24)14(23)8-17(16)32-10-15(21(28)31)26-20(30)19-25-11-29(27-19)9-12-5-3-2-4-6-12/h2-8,11,15,24,31H,9-10,23H2,1H3,(H,26,30)/t15-/m0/s1. The average molecular weight is 486 g/mol. The Hall–Kier alpha value is -2.87. The van der Waals surface area contributed by atoms with Crippen LogP contribution < -0.4 is 16.0 Å². The second kappa shape index (κ2) is 9.32. The molecule has 0 bridgehead atoms. The van der Waals surface area contributed by atoms with Gasteiger partial charge in [0.1, 0.15) is 11.5 Å². The topological polar surface area (TPSA) is 113 Å². The van der Waals surface area contributed by atoms with Crippen LogP contribution in [0.15, 0.2) is 53.7 Å². The second-order valence-electron chi connectivity index (χ2n) is 7.25. The third kappa shape index (κ3) is 4.65. The Bertz CT molecular complexity index is 1200. The molecule has 1 aliphatic heterocycles. The highest BCUT2D eigenvalue weighted by atomic mass is 35.5. The molecule has 0 saturated carbocycles. The SMILES string of the molecule is CN1C(=P)[C@@H](NC(=O)c2ncn(Cc3ccccc3)n2)CSc2cc(N)c(C(=N)Cl)cc21. The molecule has 32 heavy (non-hydrogen) atoms. The maximum atomic E-state index is 12.8. The van der Waals surface area contributed by atoms with Crippen molar-refractivity contribution in [3.05, 3.63) is 65.7 Å². The number of hydrogen-bond donors (Lipinski definition) is 3. The van der Waals surface area contributed by atoms with Gasteiger partial charge in [0.05, 0.1) is 23.7 Å². The van der Waals surface area contributed by atoms with Crippen LogP contribution in [0.4, 0.5) is 11.4 Å². The van der Waals surface area contributed by atoms with E-state index in [1.807, 2.05) is 42.3 Å². The quantitative estimate of drug-likeness (QED) is 0.291. The molecule has 3 aromatic rings. The summed E-state index contributed by atoms with van der Waals surface area (Å²) in [5, 5.41) is 14.9. The van der Waals surface area contributed by atoms with E-state index in [2.05, 4.69) is 24.3 Å². The predicted molar refractivity (Wildman–Crippen MR) is 133 cm³/mol. The number of carbonyl (C=O) groups excluding carboxylic acids is 1. The summed E-state index contributed by atoms with van der Waals surface area (Å²) in [6, 6.07) is 13.1. The average Bonchev–Trinajstić information content (AvgIpc) is 3.20. The van der Waals surface area contributed by atoms with Crippen LogP contribution in [0.5, 0.6) is 0 Å². The second-order valence-corrected chi connectivity index (χ2v) is 9.21. The van der Waals surface area contributed by atoms with Crippen molar-refractivity contribution in [2.45, 2.75) is 17.5 Å². The largest absolute Gasteiger partial charge is 0.398 e. The normalized spacial score (nSPS) is 15.8. The Morgan fingerprint density at radius 3 is 2.84 bits per heavy atom. The number of nitrogen functional groups attached to an aromatic ring is 1. The van der Waals surface area contributed by atoms with Gasteiger partial charge in [-0.15, -0.1) is 16.9 Å². The van der Waals surface area contributed by atoms with Gasteiger partial charge in [-0.25, -0.2) is 9.67 Å². The minimum absolute atomic E-state index is 0.108. The maximum Gasteiger partial charge on any atom is 0.291 e. The first-order valence-corrected chi connectivity index (χ1v) is 11.6. The Balaban J connectivity index is 1.48. The summed E-state index contributed by atoms with van der Waals surface area (Å²) in [5.41, 5.74) is 9.64. The van der Waals surface area contributed by atoms with E-state index in [-0.39, 0.29) is 22.9 Å². The van der Waals surface area contributed by atoms with Crippen LogP contribution in [-0.4, -0.2) is 50.1 Å². The molecule has 2 aromatic carbocycles. The molecular weight excluding hydrogens is 465 g/mol. The molecule has 0 fully saturated rings. The highest BCUT2D eigenvalue weighted by Gasteiger charge is 2.28. The number of likely N-dealkylation sites (N-methyl/N-ethyl adjacent to an activating group) is 1. The van der Waals surface area contributed by atoms with E-state index in [9.17, 15) is 4.79 Å². The van der Waals surface area contributed by atoms with Crippen molar-refractivity contribution in [3.63, 3.8) is 0 Å². The van der Waals surface area contributed by atoms with Gasteiger partial charge in [0.15, 0.2) is 0 Å². The molecule has 0 aliphatic carbocycles. The molecule has 1 atom stereocenters. The zero-order chi connectivity index (χ0) is 22.8. The lowest BCUT2D eigenvalue weighted by atomic mass is 10.1. The Kier molecular flexibility index (Phi) is 6.50. The van der Waals surface area contributed by atoms with Crippen molar-refractivity contribution in [3.8, 4) is 0 Å². The molecule has 8 nitrogen and oxygen atoms in total. The number of fused-ring (bicyclic) bond motifs is 1. The van der Waals surface area contributed by atoms with Gasteiger partial charge in [-0.05, 0) is 17.7 Å². The fourth-order valence-corrected chi connectivity index (χ4v) is 5.09. The third-order valence-corrected chi connectivity index (χ3v) is 7.08. The summed E-state index contributed by atoms with van der Waals surface area (Å²) in [4.78, 5) is 19.8. The van der Waals surface area contributed by atoms with E-state index in [0.29, 0.717) is 23.5 Å². The van der Waals surface area contributed by atoms with Crippen molar-refractivity contribution in [2.75, 3.05) is 23.4 Å². The van der Waals surface area contributed by atoms with Crippen LogP contribution in [0.1, 0.15) is 21.7 Å². The summed E-state index contributed by atoms with van der Waals surface area (Å²) in [5.74, 6) is 0.321. The maximum absolute atomic E-state index is 12.8. The zero-order valence-electron chi connectivity index (χ0n) is 17.2. The molecule has 4 rings (SSSR count). The smallest absolute Gasteiger partial charge is 0.291 e. The molecule has 1 aromatic heterocycles. The number of amides is 1. The molecule has 11 heteroatoms. The van der Waals surface area contributed by atoms with E-state index in [1.54, 1.807) is 34.9 Å². The molecular formula is C21H21ClN7OPS. The number of nitrogens with zero attached hydrogens (tertiary/aromatic N) is 4. The molecule has 0 radical (unpaired) electrons. The van der Waals surface area contributed by atoms with Crippen LogP contribution in [0, 0.1) is 5.41 Å². The van der Waals surface area contributed by atoms with E-state index < -0.39 is 0 Å². The molecule has 0 unspecified atom stereocenters. The van der Waals surface area contributed by atoms with Crippen molar-refractivity contribution in [1.82, 2.24) is 20.1 Å². The van der Waals surface area contributed by atoms with Crippen LogP contribution >= 0.6 is 32.2 Å². The monoisotopic (exact) mass is 485 g/mol. The van der Waals surface area contributed by atoms with E-state index in [1.165, 1.54) is 0 Å². The highest BCUT2D eigenvalue weighted by Crippen LogP contribution is 2.37. The molecule has 164 valence electrons. The lowest BCUT2D eigenvalue weighted by Crippen LogP contribution is -2.47. The van der Waals surface area contributed by atoms with E-state index in [0.717, 1.165) is 21.6 Å². The number of nitrogens with one attached hydrogen (secondary N) is 2. The lowest BCUT2D eigenvalue weighted by molar-refractivity contribution is 0.0939. The van der Waals surface area contributed by atoms with E-state index in [4.69, 9.17) is 22.7 Å². The summed E-state index contributed by atoms with van der Waals surface area (Å²) in [6.07, 6.45) is 1.55. The van der Waals surface area contributed by atoms with Crippen LogP contribution in [0.25, 0.3) is 0 Å². The molecule has 1 amide bonds. The number of aromatic nitrogens is 3. The van der Waals surface area contributed by atoms with Crippen LogP contribution in [0.2, 0.25) is 0 Å². The first-order chi connectivity index (χ1) is 15.3. The van der Waals surface area contributed by atoms with Crippen molar-refractivity contribution in [1.29, 1.82) is 5.41 Å². The predicted octanol–water partition coefficient (Wildman–Crippen LogP) is 3.09. The number of nitrogens with two attached hydrogens (primary N) is 1. The van der Waals surface area contributed by atoms with Gasteiger partial charge in [-0.1, -0.05) is 50.8 Å². The Morgan fingerprint density at radius 2 is 2.12 bits per heavy atom. The van der Waals surface area contributed by atoms with Gasteiger partial charge in [0.2, 0.25) is 5.82 Å². The number of hydrogen-bond acceptors (Lipinski definition) is 6. The fraction of sp³-hybridized carbons (Fsp3) is 0.190. The fourth-order valence-electron chi connectivity index (χ4n) is 3.35. The number of anilines is 2. The summed E-state index contributed by atoms with van der Waals surface area (Å²) < 4.78 is 1.64. The Labute approximate surface area is 196 Å². The molecule has 4 N–H and O–H groups in total. The van der Waals surface area contributed by atoms with Gasteiger partial charge in [-0.2, -0.15) is 0 Å². The minimum atomic E-state index is -0.361.